The smallest absolute Gasteiger partial charge is 0.123 e. The Morgan fingerprint density at radius 3 is 2.76 bits per heavy atom. The SMILES string of the molecule is CCCCSc1ccc(F)cc1CNC(C)C. The first-order valence-corrected chi connectivity index (χ1v) is 7.26. The fourth-order valence-electron chi connectivity index (χ4n) is 1.47. The van der Waals surface area contributed by atoms with Crippen LogP contribution in [0.2, 0.25) is 0 Å². The van der Waals surface area contributed by atoms with Crippen LogP contribution >= 0.6 is 11.8 Å². The molecule has 3 heteroatoms. The van der Waals surface area contributed by atoms with Crippen LogP contribution in [0.25, 0.3) is 0 Å². The number of hydrogen-bond acceptors (Lipinski definition) is 2. The highest BCUT2D eigenvalue weighted by atomic mass is 32.2. The van der Waals surface area contributed by atoms with Gasteiger partial charge in [-0.05, 0) is 35.9 Å². The molecule has 1 N–H and O–H groups in total. The van der Waals surface area contributed by atoms with E-state index in [9.17, 15) is 4.39 Å². The number of nitrogens with one attached hydrogen (secondary N) is 1. The van der Waals surface area contributed by atoms with Crippen molar-refractivity contribution in [3.8, 4) is 0 Å². The highest BCUT2D eigenvalue weighted by Gasteiger charge is 2.05. The molecule has 1 aromatic carbocycles. The molecular weight excluding hydrogens is 233 g/mol. The zero-order chi connectivity index (χ0) is 12.7. The molecule has 0 heterocycles. The Labute approximate surface area is 108 Å². The van der Waals surface area contributed by atoms with Crippen LogP contribution in [0.5, 0.6) is 0 Å². The van der Waals surface area contributed by atoms with Crippen LogP contribution in [0.4, 0.5) is 4.39 Å². The zero-order valence-electron chi connectivity index (χ0n) is 10.9. The van der Waals surface area contributed by atoms with Gasteiger partial charge in [0.1, 0.15) is 5.82 Å². The van der Waals surface area contributed by atoms with Gasteiger partial charge in [0.25, 0.3) is 0 Å². The van der Waals surface area contributed by atoms with Crippen LogP contribution in [0.15, 0.2) is 23.1 Å². The van der Waals surface area contributed by atoms with Gasteiger partial charge in [-0.1, -0.05) is 27.2 Å². The topological polar surface area (TPSA) is 12.0 Å². The predicted octanol–water partition coefficient (Wildman–Crippen LogP) is 4.22. The first-order chi connectivity index (χ1) is 8.13. The Morgan fingerprint density at radius 1 is 1.35 bits per heavy atom. The second kappa shape index (κ2) is 7.72. The number of hydrogen-bond donors (Lipinski definition) is 1. The van der Waals surface area contributed by atoms with Gasteiger partial charge in [0.05, 0.1) is 0 Å². The predicted molar refractivity (Wildman–Crippen MR) is 74.0 cm³/mol. The lowest BCUT2D eigenvalue weighted by Crippen LogP contribution is -2.22. The van der Waals surface area contributed by atoms with Crippen LogP contribution in [0, 0.1) is 5.82 Å². The molecule has 0 unspecified atom stereocenters. The van der Waals surface area contributed by atoms with E-state index in [4.69, 9.17) is 0 Å². The Morgan fingerprint density at radius 2 is 2.12 bits per heavy atom. The molecule has 0 aliphatic rings. The minimum absolute atomic E-state index is 0.148. The monoisotopic (exact) mass is 255 g/mol. The van der Waals surface area contributed by atoms with Gasteiger partial charge in [0.15, 0.2) is 0 Å². The Bertz CT molecular complexity index is 339. The standard InChI is InChI=1S/C14H22FNS/c1-4-5-8-17-14-7-6-13(15)9-12(14)10-16-11(2)3/h6-7,9,11,16H,4-5,8,10H2,1-3H3. The summed E-state index contributed by atoms with van der Waals surface area (Å²) >= 11 is 1.83. The maximum absolute atomic E-state index is 13.2. The molecule has 0 amide bonds. The number of unbranched alkanes of at least 4 members (excludes halogenated alkanes) is 1. The van der Waals surface area contributed by atoms with E-state index in [-0.39, 0.29) is 5.82 Å². The van der Waals surface area contributed by atoms with Crippen LogP contribution in [0.1, 0.15) is 39.2 Å². The van der Waals surface area contributed by atoms with Gasteiger partial charge in [-0.3, -0.25) is 0 Å². The molecule has 0 saturated heterocycles. The summed E-state index contributed by atoms with van der Waals surface area (Å²) in [7, 11) is 0. The minimum Gasteiger partial charge on any atom is -0.310 e. The summed E-state index contributed by atoms with van der Waals surface area (Å²) in [5, 5.41) is 3.34. The summed E-state index contributed by atoms with van der Waals surface area (Å²) in [5.41, 5.74) is 1.07. The zero-order valence-corrected chi connectivity index (χ0v) is 11.7. The van der Waals surface area contributed by atoms with E-state index in [1.807, 2.05) is 17.8 Å². The molecule has 96 valence electrons. The van der Waals surface area contributed by atoms with Gasteiger partial charge in [-0.15, -0.1) is 11.8 Å². The van der Waals surface area contributed by atoms with Crippen LogP contribution in [-0.4, -0.2) is 11.8 Å². The molecule has 0 aliphatic heterocycles. The molecule has 0 aromatic heterocycles. The van der Waals surface area contributed by atoms with Gasteiger partial charge < -0.3 is 5.32 Å². The molecule has 0 aliphatic carbocycles. The fourth-order valence-corrected chi connectivity index (χ4v) is 2.60. The average molecular weight is 255 g/mol. The van der Waals surface area contributed by atoms with Crippen molar-refractivity contribution in [1.29, 1.82) is 0 Å². The second-order valence-corrected chi connectivity index (χ2v) is 5.63. The van der Waals surface area contributed by atoms with Gasteiger partial charge in [-0.25, -0.2) is 4.39 Å². The lowest BCUT2D eigenvalue weighted by atomic mass is 10.2. The molecule has 0 saturated carbocycles. The van der Waals surface area contributed by atoms with Crippen molar-refractivity contribution in [2.45, 2.75) is 51.1 Å². The van der Waals surface area contributed by atoms with E-state index >= 15 is 0 Å². The third-order valence-electron chi connectivity index (χ3n) is 2.48. The van der Waals surface area contributed by atoms with Crippen LogP contribution in [-0.2, 0) is 6.54 Å². The highest BCUT2D eigenvalue weighted by molar-refractivity contribution is 7.99. The maximum atomic E-state index is 13.2. The summed E-state index contributed by atoms with van der Waals surface area (Å²) in [6.45, 7) is 7.13. The summed E-state index contributed by atoms with van der Waals surface area (Å²) < 4.78 is 13.2. The largest absolute Gasteiger partial charge is 0.310 e. The van der Waals surface area contributed by atoms with Crippen molar-refractivity contribution in [2.75, 3.05) is 5.75 Å². The Hall–Kier alpha value is -0.540. The third kappa shape index (κ3) is 5.55. The molecule has 1 rings (SSSR count). The molecule has 0 spiro atoms. The van der Waals surface area contributed by atoms with E-state index in [2.05, 4.69) is 26.1 Å². The molecule has 0 radical (unpaired) electrons. The number of halogens is 1. The second-order valence-electron chi connectivity index (χ2n) is 4.49. The molecule has 0 bridgehead atoms. The van der Waals surface area contributed by atoms with E-state index in [1.54, 1.807) is 12.1 Å². The van der Waals surface area contributed by atoms with Crippen molar-refractivity contribution >= 4 is 11.8 Å². The van der Waals surface area contributed by atoms with Gasteiger partial charge in [0.2, 0.25) is 0 Å². The van der Waals surface area contributed by atoms with E-state index in [0.29, 0.717) is 6.04 Å². The van der Waals surface area contributed by atoms with E-state index in [1.165, 1.54) is 17.7 Å². The third-order valence-corrected chi connectivity index (χ3v) is 3.68. The van der Waals surface area contributed by atoms with Crippen molar-refractivity contribution in [2.24, 2.45) is 0 Å². The quantitative estimate of drug-likeness (QED) is 0.578. The molecule has 0 fully saturated rings. The van der Waals surface area contributed by atoms with Gasteiger partial charge in [0, 0.05) is 17.5 Å². The molecule has 17 heavy (non-hydrogen) atoms. The summed E-state index contributed by atoms with van der Waals surface area (Å²) in [6, 6.07) is 5.51. The Kier molecular flexibility index (Phi) is 6.60. The average Bonchev–Trinajstić information content (AvgIpc) is 2.29. The Balaban J connectivity index is 2.66. The van der Waals surface area contributed by atoms with Crippen LogP contribution in [0.3, 0.4) is 0 Å². The van der Waals surface area contributed by atoms with E-state index < -0.39 is 0 Å². The molecule has 0 atom stereocenters. The number of benzene rings is 1. The first kappa shape index (κ1) is 14.5. The minimum atomic E-state index is -0.148. The molecular formula is C14H22FNS. The summed E-state index contributed by atoms with van der Waals surface area (Å²) in [4.78, 5) is 1.20. The van der Waals surface area contributed by atoms with E-state index in [0.717, 1.165) is 17.9 Å². The van der Waals surface area contributed by atoms with Crippen molar-refractivity contribution < 1.29 is 4.39 Å². The lowest BCUT2D eigenvalue weighted by Gasteiger charge is -2.12. The summed E-state index contributed by atoms with van der Waals surface area (Å²) in [6.07, 6.45) is 2.41. The van der Waals surface area contributed by atoms with Crippen molar-refractivity contribution in [3.63, 3.8) is 0 Å². The normalized spacial score (nSPS) is 11.1. The molecule has 1 aromatic rings. The fraction of sp³-hybridized carbons (Fsp3) is 0.571. The maximum Gasteiger partial charge on any atom is 0.123 e. The number of rotatable bonds is 7. The lowest BCUT2D eigenvalue weighted by molar-refractivity contribution is 0.576. The highest BCUT2D eigenvalue weighted by Crippen LogP contribution is 2.24. The first-order valence-electron chi connectivity index (χ1n) is 6.28. The van der Waals surface area contributed by atoms with Gasteiger partial charge in [-0.2, -0.15) is 0 Å². The summed E-state index contributed by atoms with van der Waals surface area (Å²) in [5.74, 6) is 0.960. The number of thioether (sulfide) groups is 1. The van der Waals surface area contributed by atoms with Crippen molar-refractivity contribution in [3.05, 3.63) is 29.6 Å². The molecule has 1 nitrogen and oxygen atoms in total. The van der Waals surface area contributed by atoms with Gasteiger partial charge >= 0.3 is 0 Å². The van der Waals surface area contributed by atoms with Crippen molar-refractivity contribution in [1.82, 2.24) is 5.32 Å². The van der Waals surface area contributed by atoms with Crippen LogP contribution < -0.4 is 5.32 Å².